The Kier molecular flexibility index (Phi) is 5.13. The minimum Gasteiger partial charge on any atom is -0.0864 e. The number of hydrogen-bond acceptors (Lipinski definition) is 0. The third-order valence-corrected chi connectivity index (χ3v) is 2.84. The second-order valence-electron chi connectivity index (χ2n) is 2.97. The van der Waals surface area contributed by atoms with Crippen molar-refractivity contribution in [3.05, 3.63) is 42.0 Å². The Morgan fingerprint density at radius 1 is 1.31 bits per heavy atom. The van der Waals surface area contributed by atoms with Crippen LogP contribution in [0.15, 0.2) is 36.4 Å². The third-order valence-electron chi connectivity index (χ3n) is 2.07. The topological polar surface area (TPSA) is 0 Å². The zero-order valence-corrected chi connectivity index (χ0v) is 10.1. The number of allylic oxidation sites excluding steroid dienone is 2. The molecule has 0 radical (unpaired) electrons. The molecule has 0 N–H and O–H groups in total. The summed E-state index contributed by atoms with van der Waals surface area (Å²) in [6.45, 7) is 2.12. The first-order valence-corrected chi connectivity index (χ1v) is 6.17. The van der Waals surface area contributed by atoms with Gasteiger partial charge in [0.2, 0.25) is 0 Å². The van der Waals surface area contributed by atoms with Gasteiger partial charge in [0, 0.05) is 0 Å². The van der Waals surface area contributed by atoms with Crippen molar-refractivity contribution in [3.8, 4) is 0 Å². The summed E-state index contributed by atoms with van der Waals surface area (Å²) < 4.78 is 1.24. The lowest BCUT2D eigenvalue weighted by Gasteiger charge is -2.05. The van der Waals surface area contributed by atoms with Gasteiger partial charge in [0.1, 0.15) is 0 Å². The zero-order chi connectivity index (χ0) is 9.52. The molecule has 0 bridgehead atoms. The van der Waals surface area contributed by atoms with E-state index in [0.29, 0.717) is 0 Å². The van der Waals surface area contributed by atoms with E-state index in [-0.39, 0.29) is 0 Å². The minimum atomic E-state index is 1.20. The van der Waals surface area contributed by atoms with E-state index in [4.69, 9.17) is 0 Å². The first-order chi connectivity index (χ1) is 6.38. The highest BCUT2D eigenvalue weighted by molar-refractivity contribution is 14.1. The average molecular weight is 286 g/mol. The molecule has 0 spiro atoms. The van der Waals surface area contributed by atoms with Gasteiger partial charge in [-0.05, 0) is 35.3 Å². The first-order valence-electron chi connectivity index (χ1n) is 4.65. The molecular weight excluding hydrogens is 271 g/mol. The highest BCUT2D eigenvalue weighted by atomic mass is 127. The Hall–Kier alpha value is -0.310. The van der Waals surface area contributed by atoms with E-state index in [1.807, 2.05) is 0 Å². The summed E-state index contributed by atoms with van der Waals surface area (Å²) in [6.07, 6.45) is 4.69. The van der Waals surface area contributed by atoms with Gasteiger partial charge in [-0.25, -0.2) is 0 Å². The maximum Gasteiger partial charge on any atom is -0.000156 e. The normalized spacial score (nSPS) is 11.7. The van der Waals surface area contributed by atoms with Crippen molar-refractivity contribution in [1.29, 1.82) is 0 Å². The van der Waals surface area contributed by atoms with Gasteiger partial charge in [-0.2, -0.15) is 0 Å². The van der Waals surface area contributed by atoms with E-state index in [1.165, 1.54) is 28.4 Å². The molecule has 1 aromatic rings. The molecule has 0 saturated heterocycles. The Bertz CT molecular complexity index is 262. The van der Waals surface area contributed by atoms with Gasteiger partial charge in [-0.15, -0.1) is 0 Å². The van der Waals surface area contributed by atoms with Crippen LogP contribution >= 0.6 is 22.6 Å². The molecule has 1 rings (SSSR count). The lowest BCUT2D eigenvalue weighted by Crippen LogP contribution is -1.84. The Labute approximate surface area is 94.2 Å². The van der Waals surface area contributed by atoms with Gasteiger partial charge in [0.05, 0.1) is 0 Å². The van der Waals surface area contributed by atoms with E-state index in [0.717, 1.165) is 0 Å². The maximum absolute atomic E-state index is 2.43. The molecule has 0 heterocycles. The number of alkyl halides is 1. The van der Waals surface area contributed by atoms with Crippen LogP contribution < -0.4 is 0 Å². The minimum absolute atomic E-state index is 1.20. The molecule has 0 aliphatic heterocycles. The summed E-state index contributed by atoms with van der Waals surface area (Å²) in [5.74, 6) is 0. The molecule has 0 saturated carbocycles. The van der Waals surface area contributed by atoms with Crippen molar-refractivity contribution in [2.24, 2.45) is 0 Å². The van der Waals surface area contributed by atoms with Crippen LogP contribution in [0.4, 0.5) is 0 Å². The van der Waals surface area contributed by atoms with E-state index in [9.17, 15) is 0 Å². The first kappa shape index (κ1) is 10.8. The van der Waals surface area contributed by atoms with Crippen LogP contribution in [0.25, 0.3) is 5.57 Å². The van der Waals surface area contributed by atoms with Crippen LogP contribution in [-0.2, 0) is 0 Å². The highest BCUT2D eigenvalue weighted by Crippen LogP contribution is 2.19. The molecule has 0 atom stereocenters. The number of benzene rings is 1. The lowest BCUT2D eigenvalue weighted by atomic mass is 10.0. The van der Waals surface area contributed by atoms with Gasteiger partial charge < -0.3 is 0 Å². The standard InChI is InChI=1S/C12H15I/c1-2-11(9-6-10-13)12-7-4-3-5-8-12/h2-5,7-8H,6,9-10H2,1H3/b11-2+. The van der Waals surface area contributed by atoms with Crippen molar-refractivity contribution >= 4 is 28.2 Å². The van der Waals surface area contributed by atoms with Gasteiger partial charge >= 0.3 is 0 Å². The van der Waals surface area contributed by atoms with Gasteiger partial charge in [-0.1, -0.05) is 59.0 Å². The van der Waals surface area contributed by atoms with Gasteiger partial charge in [0.25, 0.3) is 0 Å². The number of hydrogen-bond donors (Lipinski definition) is 0. The predicted molar refractivity (Wildman–Crippen MR) is 68.2 cm³/mol. The summed E-state index contributed by atoms with van der Waals surface area (Å²) in [5.41, 5.74) is 2.84. The lowest BCUT2D eigenvalue weighted by molar-refractivity contribution is 1.00. The van der Waals surface area contributed by atoms with E-state index in [1.54, 1.807) is 0 Å². The van der Waals surface area contributed by atoms with E-state index in [2.05, 4.69) is 65.9 Å². The molecule has 0 unspecified atom stereocenters. The Morgan fingerprint density at radius 3 is 2.54 bits per heavy atom. The van der Waals surface area contributed by atoms with Crippen molar-refractivity contribution in [3.63, 3.8) is 0 Å². The largest absolute Gasteiger partial charge is 0.0864 e. The van der Waals surface area contributed by atoms with Crippen LogP contribution in [-0.4, -0.2) is 4.43 Å². The number of halogens is 1. The summed E-state index contributed by atoms with van der Waals surface area (Å²) in [6, 6.07) is 10.6. The van der Waals surface area contributed by atoms with Crippen LogP contribution in [0.2, 0.25) is 0 Å². The molecule has 0 aromatic heterocycles. The quantitative estimate of drug-likeness (QED) is 0.571. The number of rotatable bonds is 4. The zero-order valence-electron chi connectivity index (χ0n) is 7.96. The summed E-state index contributed by atoms with van der Waals surface area (Å²) in [5, 5.41) is 0. The van der Waals surface area contributed by atoms with Crippen LogP contribution in [0.1, 0.15) is 25.3 Å². The molecule has 1 aromatic carbocycles. The van der Waals surface area contributed by atoms with E-state index >= 15 is 0 Å². The van der Waals surface area contributed by atoms with E-state index < -0.39 is 0 Å². The molecule has 1 heteroatoms. The monoisotopic (exact) mass is 286 g/mol. The predicted octanol–water partition coefficient (Wildman–Crippen LogP) is 4.31. The van der Waals surface area contributed by atoms with Crippen molar-refractivity contribution < 1.29 is 0 Å². The van der Waals surface area contributed by atoms with Crippen molar-refractivity contribution in [2.75, 3.05) is 4.43 Å². The molecule has 70 valence electrons. The summed E-state index contributed by atoms with van der Waals surface area (Å²) in [4.78, 5) is 0. The van der Waals surface area contributed by atoms with Crippen molar-refractivity contribution in [2.45, 2.75) is 19.8 Å². The van der Waals surface area contributed by atoms with Crippen LogP contribution in [0.3, 0.4) is 0 Å². The van der Waals surface area contributed by atoms with Crippen LogP contribution in [0, 0.1) is 0 Å². The molecule has 0 nitrogen and oxygen atoms in total. The fraction of sp³-hybridized carbons (Fsp3) is 0.333. The van der Waals surface area contributed by atoms with Crippen LogP contribution in [0.5, 0.6) is 0 Å². The fourth-order valence-corrected chi connectivity index (χ4v) is 1.75. The third kappa shape index (κ3) is 3.51. The fourth-order valence-electron chi connectivity index (χ4n) is 1.36. The van der Waals surface area contributed by atoms with Crippen molar-refractivity contribution in [1.82, 2.24) is 0 Å². The highest BCUT2D eigenvalue weighted by Gasteiger charge is 1.98. The molecule has 0 aliphatic carbocycles. The Morgan fingerprint density at radius 2 is 2.00 bits per heavy atom. The smallest absolute Gasteiger partial charge is 0.000156 e. The molecular formula is C12H15I. The van der Waals surface area contributed by atoms with Gasteiger partial charge in [-0.3, -0.25) is 0 Å². The summed E-state index contributed by atoms with van der Waals surface area (Å²) in [7, 11) is 0. The second-order valence-corrected chi connectivity index (χ2v) is 4.05. The molecule has 0 fully saturated rings. The Balaban J connectivity index is 2.69. The molecule has 0 aliphatic rings. The van der Waals surface area contributed by atoms with Gasteiger partial charge in [0.15, 0.2) is 0 Å². The summed E-state index contributed by atoms with van der Waals surface area (Å²) >= 11 is 2.43. The SMILES string of the molecule is C/C=C(\CCCI)c1ccccc1. The average Bonchev–Trinajstić information content (AvgIpc) is 2.21. The molecule has 0 amide bonds. The molecule has 13 heavy (non-hydrogen) atoms. The maximum atomic E-state index is 2.43. The second kappa shape index (κ2) is 6.19.